The minimum absolute atomic E-state index is 0.0516. The number of rotatable bonds is 5. The molecule has 0 saturated carbocycles. The first-order chi connectivity index (χ1) is 10.1. The smallest absolute Gasteiger partial charge is 0.221 e. The van der Waals surface area contributed by atoms with Crippen LogP contribution in [0.4, 0.5) is 11.4 Å². The fourth-order valence-corrected chi connectivity index (χ4v) is 2.19. The quantitative estimate of drug-likeness (QED) is 0.854. The Morgan fingerprint density at radius 1 is 1.10 bits per heavy atom. The van der Waals surface area contributed by atoms with E-state index in [0.717, 1.165) is 16.9 Å². The summed E-state index contributed by atoms with van der Waals surface area (Å²) in [5.74, 6) is 0.461. The zero-order chi connectivity index (χ0) is 15.2. The van der Waals surface area contributed by atoms with Gasteiger partial charge in [0.05, 0.1) is 0 Å². The van der Waals surface area contributed by atoms with Crippen LogP contribution in [0.2, 0.25) is 0 Å². The molecule has 0 radical (unpaired) electrons. The first-order valence-electron chi connectivity index (χ1n) is 7.25. The van der Waals surface area contributed by atoms with E-state index in [1.807, 2.05) is 24.3 Å². The van der Waals surface area contributed by atoms with Gasteiger partial charge in [-0.3, -0.25) is 4.79 Å². The summed E-state index contributed by atoms with van der Waals surface area (Å²) >= 11 is 0. The Hall–Kier alpha value is -2.29. The third kappa shape index (κ3) is 4.35. The zero-order valence-electron chi connectivity index (χ0n) is 12.8. The van der Waals surface area contributed by atoms with E-state index in [1.54, 1.807) is 0 Å². The third-order valence-corrected chi connectivity index (χ3v) is 3.36. The summed E-state index contributed by atoms with van der Waals surface area (Å²) in [6, 6.07) is 16.3. The van der Waals surface area contributed by atoms with Crippen LogP contribution in [0.25, 0.3) is 0 Å². The second-order valence-corrected chi connectivity index (χ2v) is 5.47. The molecule has 0 aliphatic heterocycles. The number of nitrogens with one attached hydrogen (secondary N) is 2. The number of amides is 1. The first-order valence-corrected chi connectivity index (χ1v) is 7.25. The summed E-state index contributed by atoms with van der Waals surface area (Å²) in [7, 11) is 0. The van der Waals surface area contributed by atoms with Gasteiger partial charge in [0.2, 0.25) is 5.91 Å². The van der Waals surface area contributed by atoms with Gasteiger partial charge in [-0.2, -0.15) is 0 Å². The molecule has 2 N–H and O–H groups in total. The van der Waals surface area contributed by atoms with Crippen LogP contribution in [-0.4, -0.2) is 5.91 Å². The highest BCUT2D eigenvalue weighted by Gasteiger charge is 2.04. The SMILES string of the molecule is CC(=O)Nc1ccccc1CNc1cccc(C(C)C)c1. The third-order valence-electron chi connectivity index (χ3n) is 3.36. The lowest BCUT2D eigenvalue weighted by Crippen LogP contribution is -2.10. The Morgan fingerprint density at radius 2 is 1.86 bits per heavy atom. The van der Waals surface area contributed by atoms with Crippen molar-refractivity contribution < 1.29 is 4.79 Å². The Morgan fingerprint density at radius 3 is 2.57 bits per heavy atom. The molecule has 110 valence electrons. The number of carbonyl (C=O) groups excluding carboxylic acids is 1. The van der Waals surface area contributed by atoms with E-state index >= 15 is 0 Å². The van der Waals surface area contributed by atoms with Crippen LogP contribution in [0.5, 0.6) is 0 Å². The molecule has 2 aromatic carbocycles. The Bertz CT molecular complexity index is 620. The highest BCUT2D eigenvalue weighted by atomic mass is 16.1. The summed E-state index contributed by atoms with van der Waals surface area (Å²) in [4.78, 5) is 11.2. The molecule has 2 aromatic rings. The molecule has 2 rings (SSSR count). The topological polar surface area (TPSA) is 41.1 Å². The van der Waals surface area contributed by atoms with Crippen LogP contribution < -0.4 is 10.6 Å². The molecule has 3 heteroatoms. The van der Waals surface area contributed by atoms with Crippen molar-refractivity contribution in [3.63, 3.8) is 0 Å². The van der Waals surface area contributed by atoms with Crippen molar-refractivity contribution in [1.82, 2.24) is 0 Å². The van der Waals surface area contributed by atoms with Crippen LogP contribution in [0.15, 0.2) is 48.5 Å². The van der Waals surface area contributed by atoms with Gasteiger partial charge in [0.15, 0.2) is 0 Å². The largest absolute Gasteiger partial charge is 0.381 e. The van der Waals surface area contributed by atoms with Gasteiger partial charge in [-0.05, 0) is 35.2 Å². The van der Waals surface area contributed by atoms with Crippen molar-refractivity contribution in [2.45, 2.75) is 33.2 Å². The maximum absolute atomic E-state index is 11.2. The van der Waals surface area contributed by atoms with Crippen LogP contribution in [0, 0.1) is 0 Å². The van der Waals surface area contributed by atoms with Gasteiger partial charge < -0.3 is 10.6 Å². The second-order valence-electron chi connectivity index (χ2n) is 5.47. The molecule has 0 spiro atoms. The highest BCUT2D eigenvalue weighted by molar-refractivity contribution is 5.89. The number of para-hydroxylation sites is 1. The molecule has 0 fully saturated rings. The standard InChI is InChI=1S/C18H22N2O/c1-13(2)15-8-6-9-17(11-15)19-12-16-7-4-5-10-18(16)20-14(3)21/h4-11,13,19H,12H2,1-3H3,(H,20,21). The van der Waals surface area contributed by atoms with Crippen molar-refractivity contribution >= 4 is 17.3 Å². The van der Waals surface area contributed by atoms with E-state index in [-0.39, 0.29) is 5.91 Å². The molecular formula is C18H22N2O. The van der Waals surface area contributed by atoms with E-state index in [2.05, 4.69) is 48.7 Å². The number of hydrogen-bond acceptors (Lipinski definition) is 2. The summed E-state index contributed by atoms with van der Waals surface area (Å²) in [6.07, 6.45) is 0. The maximum Gasteiger partial charge on any atom is 0.221 e. The predicted molar refractivity (Wildman–Crippen MR) is 88.6 cm³/mol. The fourth-order valence-electron chi connectivity index (χ4n) is 2.19. The lowest BCUT2D eigenvalue weighted by Gasteiger charge is -2.13. The molecule has 0 aliphatic rings. The van der Waals surface area contributed by atoms with Gasteiger partial charge in [0, 0.05) is 24.8 Å². The van der Waals surface area contributed by atoms with Crippen molar-refractivity contribution in [2.75, 3.05) is 10.6 Å². The van der Waals surface area contributed by atoms with Gasteiger partial charge in [-0.25, -0.2) is 0 Å². The fraction of sp³-hybridized carbons (Fsp3) is 0.278. The van der Waals surface area contributed by atoms with Gasteiger partial charge in [0.25, 0.3) is 0 Å². The summed E-state index contributed by atoms with van der Waals surface area (Å²) < 4.78 is 0. The molecule has 0 bridgehead atoms. The summed E-state index contributed by atoms with van der Waals surface area (Å²) in [5.41, 5.74) is 4.34. The van der Waals surface area contributed by atoms with Crippen molar-refractivity contribution in [3.8, 4) is 0 Å². The van der Waals surface area contributed by atoms with Crippen LogP contribution in [-0.2, 0) is 11.3 Å². The Kier molecular flexibility index (Phi) is 4.99. The molecule has 0 atom stereocenters. The van der Waals surface area contributed by atoms with Crippen molar-refractivity contribution in [1.29, 1.82) is 0 Å². The summed E-state index contributed by atoms with van der Waals surface area (Å²) in [6.45, 7) is 6.57. The van der Waals surface area contributed by atoms with Crippen LogP contribution in [0.3, 0.4) is 0 Å². The zero-order valence-corrected chi connectivity index (χ0v) is 12.8. The van der Waals surface area contributed by atoms with Gasteiger partial charge >= 0.3 is 0 Å². The van der Waals surface area contributed by atoms with Crippen molar-refractivity contribution in [2.24, 2.45) is 0 Å². The normalized spacial score (nSPS) is 10.5. The Balaban J connectivity index is 2.09. The number of benzene rings is 2. The Labute approximate surface area is 126 Å². The average molecular weight is 282 g/mol. The van der Waals surface area contributed by atoms with Gasteiger partial charge in [-0.15, -0.1) is 0 Å². The molecule has 3 nitrogen and oxygen atoms in total. The van der Waals surface area contributed by atoms with E-state index < -0.39 is 0 Å². The van der Waals surface area contributed by atoms with Crippen LogP contribution >= 0.6 is 0 Å². The summed E-state index contributed by atoms with van der Waals surface area (Å²) in [5, 5.41) is 6.28. The molecule has 0 saturated heterocycles. The predicted octanol–water partition coefficient (Wildman–Crippen LogP) is 4.38. The monoisotopic (exact) mass is 282 g/mol. The minimum Gasteiger partial charge on any atom is -0.381 e. The lowest BCUT2D eigenvalue weighted by atomic mass is 10.0. The van der Waals surface area contributed by atoms with E-state index in [9.17, 15) is 4.79 Å². The highest BCUT2D eigenvalue weighted by Crippen LogP contribution is 2.21. The minimum atomic E-state index is -0.0516. The van der Waals surface area contributed by atoms with E-state index in [0.29, 0.717) is 12.5 Å². The molecule has 0 aliphatic carbocycles. The number of carbonyl (C=O) groups is 1. The molecular weight excluding hydrogens is 260 g/mol. The average Bonchev–Trinajstić information content (AvgIpc) is 2.46. The van der Waals surface area contributed by atoms with E-state index in [1.165, 1.54) is 12.5 Å². The lowest BCUT2D eigenvalue weighted by molar-refractivity contribution is -0.114. The maximum atomic E-state index is 11.2. The number of hydrogen-bond donors (Lipinski definition) is 2. The molecule has 0 heterocycles. The van der Waals surface area contributed by atoms with Crippen LogP contribution in [0.1, 0.15) is 37.8 Å². The first kappa shape index (κ1) is 15.1. The molecule has 21 heavy (non-hydrogen) atoms. The molecule has 0 aromatic heterocycles. The molecule has 0 unspecified atom stereocenters. The van der Waals surface area contributed by atoms with Gasteiger partial charge in [0.1, 0.15) is 0 Å². The second kappa shape index (κ2) is 6.93. The van der Waals surface area contributed by atoms with Gasteiger partial charge in [-0.1, -0.05) is 44.2 Å². The molecule has 1 amide bonds. The van der Waals surface area contributed by atoms with E-state index in [4.69, 9.17) is 0 Å². The number of anilines is 2. The van der Waals surface area contributed by atoms with Crippen molar-refractivity contribution in [3.05, 3.63) is 59.7 Å².